The van der Waals surface area contributed by atoms with E-state index in [0.29, 0.717) is 28.5 Å². The second kappa shape index (κ2) is 9.13. The number of ether oxygens (including phenoxy) is 1. The number of hydrogen-bond donors (Lipinski definition) is 1. The number of hydrogen-bond acceptors (Lipinski definition) is 5. The molecular weight excluding hydrogens is 430 g/mol. The van der Waals surface area contributed by atoms with Crippen molar-refractivity contribution in [3.8, 4) is 5.75 Å². The van der Waals surface area contributed by atoms with Gasteiger partial charge in [0.05, 0.1) is 5.69 Å². The van der Waals surface area contributed by atoms with Crippen molar-refractivity contribution in [2.75, 3.05) is 5.32 Å². The molecule has 34 heavy (non-hydrogen) atoms. The molecule has 176 valence electrons. The molecular formula is C26H29N5O3. The third-order valence-electron chi connectivity index (χ3n) is 5.50. The number of nitrogens with one attached hydrogen (secondary N) is 1. The summed E-state index contributed by atoms with van der Waals surface area (Å²) in [5, 5.41) is 2.89. The molecule has 2 aromatic carbocycles. The molecule has 1 N–H and O–H groups in total. The number of carbonyl (C=O) groups excluding carboxylic acids is 1. The summed E-state index contributed by atoms with van der Waals surface area (Å²) in [6.07, 6.45) is 1.60. The van der Waals surface area contributed by atoms with Crippen molar-refractivity contribution in [2.45, 2.75) is 52.7 Å². The predicted molar refractivity (Wildman–Crippen MR) is 132 cm³/mol. The Morgan fingerprint density at radius 2 is 1.74 bits per heavy atom. The molecule has 0 saturated heterocycles. The molecule has 4 aromatic rings. The van der Waals surface area contributed by atoms with Crippen molar-refractivity contribution in [3.63, 3.8) is 0 Å². The highest BCUT2D eigenvalue weighted by atomic mass is 16.5. The van der Waals surface area contributed by atoms with Gasteiger partial charge in [-0.25, -0.2) is 4.98 Å². The van der Waals surface area contributed by atoms with Gasteiger partial charge in [0, 0.05) is 23.4 Å². The summed E-state index contributed by atoms with van der Waals surface area (Å²) in [5.74, 6) is 0.767. The first-order valence-electron chi connectivity index (χ1n) is 11.2. The third-order valence-corrected chi connectivity index (χ3v) is 5.50. The summed E-state index contributed by atoms with van der Waals surface area (Å²) < 4.78 is 8.97. The summed E-state index contributed by atoms with van der Waals surface area (Å²) >= 11 is 0. The van der Waals surface area contributed by atoms with Gasteiger partial charge in [0.25, 0.3) is 17.2 Å². The first-order valence-corrected chi connectivity index (χ1v) is 11.2. The number of carbonyl (C=O) groups is 1. The van der Waals surface area contributed by atoms with Crippen molar-refractivity contribution in [1.82, 2.24) is 19.2 Å². The first kappa shape index (κ1) is 23.2. The molecule has 1 amide bonds. The van der Waals surface area contributed by atoms with Crippen molar-refractivity contribution in [3.05, 3.63) is 88.1 Å². The Morgan fingerprint density at radius 3 is 2.35 bits per heavy atom. The Balaban J connectivity index is 1.38. The molecule has 0 radical (unpaired) electrons. The first-order chi connectivity index (χ1) is 16.1. The lowest BCUT2D eigenvalue weighted by atomic mass is 9.87. The number of amides is 1. The van der Waals surface area contributed by atoms with Crippen LogP contribution in [0.5, 0.6) is 5.75 Å². The van der Waals surface area contributed by atoms with Gasteiger partial charge in [0.15, 0.2) is 0 Å². The van der Waals surface area contributed by atoms with Gasteiger partial charge in [-0.3, -0.25) is 14.3 Å². The molecule has 0 aliphatic rings. The van der Waals surface area contributed by atoms with Crippen molar-refractivity contribution < 1.29 is 9.53 Å². The lowest BCUT2D eigenvalue weighted by Crippen LogP contribution is -2.23. The monoisotopic (exact) mass is 459 g/mol. The van der Waals surface area contributed by atoms with Crippen molar-refractivity contribution >= 4 is 17.4 Å². The van der Waals surface area contributed by atoms with Gasteiger partial charge < -0.3 is 10.1 Å². The molecule has 0 atom stereocenters. The minimum absolute atomic E-state index is 0.0376. The van der Waals surface area contributed by atoms with Crippen LogP contribution in [-0.4, -0.2) is 25.1 Å². The van der Waals surface area contributed by atoms with Crippen molar-refractivity contribution in [1.29, 1.82) is 0 Å². The SMILES string of the molecule is CC(C)n1cnc2nc(COc3ccc(NC(=O)c4ccc(C(C)(C)C)cc4)cc3)cc(=O)n21. The fourth-order valence-corrected chi connectivity index (χ4v) is 3.53. The van der Waals surface area contributed by atoms with E-state index in [0.717, 1.165) is 0 Å². The molecule has 0 spiro atoms. The van der Waals surface area contributed by atoms with Gasteiger partial charge in [0.2, 0.25) is 0 Å². The third kappa shape index (κ3) is 5.01. The fraction of sp³-hybridized carbons (Fsp3) is 0.308. The van der Waals surface area contributed by atoms with Crippen LogP contribution in [0.1, 0.15) is 62.3 Å². The summed E-state index contributed by atoms with van der Waals surface area (Å²) in [5.41, 5.74) is 2.76. The molecule has 2 heterocycles. The predicted octanol–water partition coefficient (Wildman–Crippen LogP) is 4.60. The number of nitrogens with zero attached hydrogens (tertiary/aromatic N) is 4. The zero-order valence-corrected chi connectivity index (χ0v) is 20.1. The fourth-order valence-electron chi connectivity index (χ4n) is 3.53. The van der Waals surface area contributed by atoms with Crippen LogP contribution in [-0.2, 0) is 12.0 Å². The minimum atomic E-state index is -0.205. The molecule has 8 heteroatoms. The second-order valence-corrected chi connectivity index (χ2v) is 9.51. The van der Waals surface area contributed by atoms with Gasteiger partial charge >= 0.3 is 0 Å². The van der Waals surface area contributed by atoms with Crippen LogP contribution in [0.15, 0.2) is 65.7 Å². The summed E-state index contributed by atoms with van der Waals surface area (Å²) in [6.45, 7) is 10.5. The van der Waals surface area contributed by atoms with E-state index in [1.54, 1.807) is 35.3 Å². The quantitative estimate of drug-likeness (QED) is 0.455. The molecule has 8 nitrogen and oxygen atoms in total. The van der Waals surface area contributed by atoms with Gasteiger partial charge in [-0.05, 0) is 61.2 Å². The van der Waals surface area contributed by atoms with Crippen LogP contribution < -0.4 is 15.6 Å². The number of fused-ring (bicyclic) bond motifs is 1. The van der Waals surface area contributed by atoms with Crippen LogP contribution >= 0.6 is 0 Å². The molecule has 0 unspecified atom stereocenters. The van der Waals surface area contributed by atoms with E-state index in [9.17, 15) is 9.59 Å². The van der Waals surface area contributed by atoms with E-state index in [1.165, 1.54) is 16.1 Å². The Morgan fingerprint density at radius 1 is 1.06 bits per heavy atom. The van der Waals surface area contributed by atoms with Crippen LogP contribution in [0.2, 0.25) is 0 Å². The lowest BCUT2D eigenvalue weighted by molar-refractivity contribution is 0.102. The van der Waals surface area contributed by atoms with E-state index < -0.39 is 0 Å². The topological polar surface area (TPSA) is 90.5 Å². The highest BCUT2D eigenvalue weighted by Crippen LogP contribution is 2.23. The summed E-state index contributed by atoms with van der Waals surface area (Å²) in [7, 11) is 0. The molecule has 0 saturated carbocycles. The van der Waals surface area contributed by atoms with E-state index in [-0.39, 0.29) is 29.5 Å². The normalized spacial score (nSPS) is 11.7. The average molecular weight is 460 g/mol. The molecule has 0 aliphatic heterocycles. The molecule has 2 aromatic heterocycles. The number of aromatic nitrogens is 4. The number of benzene rings is 2. The highest BCUT2D eigenvalue weighted by Gasteiger charge is 2.15. The Hall–Kier alpha value is -3.94. The summed E-state index contributed by atoms with van der Waals surface area (Å²) in [4.78, 5) is 33.7. The van der Waals surface area contributed by atoms with Crippen LogP contribution in [0.3, 0.4) is 0 Å². The molecule has 4 rings (SSSR count). The van der Waals surface area contributed by atoms with Crippen molar-refractivity contribution in [2.24, 2.45) is 0 Å². The molecule has 0 aliphatic carbocycles. The van der Waals surface area contributed by atoms with Gasteiger partial charge in [-0.2, -0.15) is 9.50 Å². The lowest BCUT2D eigenvalue weighted by Gasteiger charge is -2.19. The minimum Gasteiger partial charge on any atom is -0.487 e. The maximum Gasteiger partial charge on any atom is 0.274 e. The Labute approximate surface area is 198 Å². The Kier molecular flexibility index (Phi) is 6.24. The van der Waals surface area contributed by atoms with Crippen LogP contribution in [0.25, 0.3) is 5.78 Å². The van der Waals surface area contributed by atoms with Crippen LogP contribution in [0, 0.1) is 0 Å². The molecule has 0 bridgehead atoms. The standard InChI is InChI=1S/C26H29N5O3/c1-17(2)30-16-27-25-29-21(14-23(32)31(25)30)15-34-22-12-10-20(11-13-22)28-24(33)18-6-8-19(9-7-18)26(3,4)5/h6-14,16-17H,15H2,1-5H3,(H,28,33). The zero-order chi connectivity index (χ0) is 24.5. The van der Waals surface area contributed by atoms with Gasteiger partial charge in [-0.1, -0.05) is 32.9 Å². The number of anilines is 1. The largest absolute Gasteiger partial charge is 0.487 e. The van der Waals surface area contributed by atoms with Gasteiger partial charge in [-0.15, -0.1) is 0 Å². The van der Waals surface area contributed by atoms with E-state index in [2.05, 4.69) is 36.1 Å². The van der Waals surface area contributed by atoms with Crippen LogP contribution in [0.4, 0.5) is 5.69 Å². The molecule has 0 fully saturated rings. The maximum absolute atomic E-state index is 12.6. The van der Waals surface area contributed by atoms with E-state index in [1.807, 2.05) is 38.1 Å². The Bertz CT molecular complexity index is 1360. The maximum atomic E-state index is 12.6. The zero-order valence-electron chi connectivity index (χ0n) is 20.1. The smallest absolute Gasteiger partial charge is 0.274 e. The average Bonchev–Trinajstić information content (AvgIpc) is 3.23. The second-order valence-electron chi connectivity index (χ2n) is 9.51. The number of rotatable bonds is 6. The van der Waals surface area contributed by atoms with E-state index >= 15 is 0 Å². The van der Waals surface area contributed by atoms with E-state index in [4.69, 9.17) is 4.74 Å². The van der Waals surface area contributed by atoms with Gasteiger partial charge in [0.1, 0.15) is 18.7 Å². The highest BCUT2D eigenvalue weighted by molar-refractivity contribution is 6.04. The summed E-state index contributed by atoms with van der Waals surface area (Å²) in [6, 6.07) is 16.2.